The van der Waals surface area contributed by atoms with Crippen molar-refractivity contribution in [2.75, 3.05) is 20.8 Å². The zero-order valence-electron chi connectivity index (χ0n) is 19.7. The van der Waals surface area contributed by atoms with Crippen molar-refractivity contribution in [3.63, 3.8) is 0 Å². The van der Waals surface area contributed by atoms with Gasteiger partial charge in [0.05, 0.1) is 34.9 Å². The number of benzene rings is 2. The van der Waals surface area contributed by atoms with Gasteiger partial charge >= 0.3 is 5.97 Å². The Hall–Kier alpha value is -3.17. The smallest absolute Gasteiger partial charge is 0.337 e. The molecule has 1 aromatic heterocycles. The van der Waals surface area contributed by atoms with E-state index in [1.807, 2.05) is 37.3 Å². The summed E-state index contributed by atoms with van der Waals surface area (Å²) in [6.45, 7) is 4.58. The molecule has 1 heterocycles. The van der Waals surface area contributed by atoms with Crippen molar-refractivity contribution in [1.29, 1.82) is 0 Å². The molecule has 0 aliphatic rings. The van der Waals surface area contributed by atoms with Crippen molar-refractivity contribution in [1.82, 2.24) is 14.9 Å². The summed E-state index contributed by atoms with van der Waals surface area (Å²) in [6, 6.07) is 14.2. The summed E-state index contributed by atoms with van der Waals surface area (Å²) in [7, 11) is 2.90. The van der Waals surface area contributed by atoms with Gasteiger partial charge < -0.3 is 14.8 Å². The number of nitrogens with one attached hydrogen (secondary N) is 1. The molecule has 0 spiro atoms. The summed E-state index contributed by atoms with van der Waals surface area (Å²) >= 11 is 1.21. The van der Waals surface area contributed by atoms with Gasteiger partial charge in [0.25, 0.3) is 5.56 Å². The van der Waals surface area contributed by atoms with E-state index in [2.05, 4.69) is 10.3 Å². The van der Waals surface area contributed by atoms with E-state index in [1.165, 1.54) is 24.9 Å². The summed E-state index contributed by atoms with van der Waals surface area (Å²) in [5.74, 6) is -0.674. The molecule has 0 radical (unpaired) electrons. The van der Waals surface area contributed by atoms with Crippen LogP contribution in [0, 0.1) is 0 Å². The molecule has 0 saturated heterocycles. The summed E-state index contributed by atoms with van der Waals surface area (Å²) in [6.07, 6.45) is 0.614. The zero-order chi connectivity index (χ0) is 24.7. The van der Waals surface area contributed by atoms with Crippen LogP contribution in [-0.2, 0) is 20.8 Å². The molecule has 0 aliphatic carbocycles. The van der Waals surface area contributed by atoms with Gasteiger partial charge in [-0.1, -0.05) is 42.1 Å². The molecule has 2 atom stereocenters. The molecule has 0 fully saturated rings. The Morgan fingerprint density at radius 2 is 1.85 bits per heavy atom. The van der Waals surface area contributed by atoms with Gasteiger partial charge in [-0.3, -0.25) is 14.2 Å². The predicted octanol–water partition coefficient (Wildman–Crippen LogP) is 3.58. The number of fused-ring (bicyclic) bond motifs is 1. The van der Waals surface area contributed by atoms with Crippen molar-refractivity contribution in [2.24, 2.45) is 0 Å². The molecule has 0 bridgehead atoms. The number of amides is 1. The Kier molecular flexibility index (Phi) is 8.84. The fourth-order valence-corrected chi connectivity index (χ4v) is 4.41. The third kappa shape index (κ3) is 6.03. The number of thioether (sulfide) groups is 1. The first kappa shape index (κ1) is 25.5. The summed E-state index contributed by atoms with van der Waals surface area (Å²) < 4.78 is 11.5. The van der Waals surface area contributed by atoms with Gasteiger partial charge in [0.1, 0.15) is 0 Å². The van der Waals surface area contributed by atoms with Crippen LogP contribution >= 0.6 is 11.8 Å². The highest BCUT2D eigenvalue weighted by Crippen LogP contribution is 2.24. The number of ether oxygens (including phenoxy) is 2. The van der Waals surface area contributed by atoms with E-state index in [4.69, 9.17) is 9.47 Å². The molecule has 1 N–H and O–H groups in total. The lowest BCUT2D eigenvalue weighted by molar-refractivity contribution is -0.120. The monoisotopic (exact) mass is 483 g/mol. The first-order valence-corrected chi connectivity index (χ1v) is 11.9. The van der Waals surface area contributed by atoms with Gasteiger partial charge in [0, 0.05) is 20.3 Å². The molecule has 0 aliphatic heterocycles. The van der Waals surface area contributed by atoms with Crippen molar-refractivity contribution in [3.05, 3.63) is 70.0 Å². The number of methoxy groups -OCH3 is 2. The Balaban J connectivity index is 1.90. The minimum absolute atomic E-state index is 0.159. The molecule has 8 nitrogen and oxygen atoms in total. The predicted molar refractivity (Wildman–Crippen MR) is 132 cm³/mol. The second kappa shape index (κ2) is 11.8. The van der Waals surface area contributed by atoms with Crippen LogP contribution in [0.1, 0.15) is 42.2 Å². The van der Waals surface area contributed by atoms with E-state index in [9.17, 15) is 14.4 Å². The Bertz CT molecular complexity index is 1210. The maximum absolute atomic E-state index is 13.3. The number of aromatic nitrogens is 2. The van der Waals surface area contributed by atoms with Gasteiger partial charge in [-0.2, -0.15) is 0 Å². The van der Waals surface area contributed by atoms with E-state index in [-0.39, 0.29) is 17.5 Å². The molecule has 1 amide bonds. The number of rotatable bonds is 10. The van der Waals surface area contributed by atoms with Gasteiger partial charge in [-0.25, -0.2) is 9.78 Å². The minimum Gasteiger partial charge on any atom is -0.465 e. The van der Waals surface area contributed by atoms with Crippen molar-refractivity contribution >= 4 is 34.5 Å². The van der Waals surface area contributed by atoms with E-state index >= 15 is 0 Å². The largest absolute Gasteiger partial charge is 0.465 e. The van der Waals surface area contributed by atoms with Gasteiger partial charge in [0.15, 0.2) is 5.16 Å². The molecule has 3 aromatic rings. The van der Waals surface area contributed by atoms with Gasteiger partial charge in [-0.05, 0) is 44.0 Å². The Labute approximate surface area is 202 Å². The molecular weight excluding hydrogens is 454 g/mol. The second-order valence-electron chi connectivity index (χ2n) is 7.82. The van der Waals surface area contributed by atoms with Crippen LogP contribution in [0.25, 0.3) is 10.9 Å². The summed E-state index contributed by atoms with van der Waals surface area (Å²) in [5.41, 5.74) is 1.45. The SMILES string of the molecule is COCCCn1c(SC(C)C(=O)NC(C)c2ccccc2)nc2cc(C(=O)OC)ccc2c1=O. The quantitative estimate of drug-likeness (QED) is 0.204. The number of esters is 1. The number of carbonyl (C=O) groups is 2. The van der Waals surface area contributed by atoms with E-state index in [0.717, 1.165) is 5.56 Å². The van der Waals surface area contributed by atoms with Crippen LogP contribution in [0.4, 0.5) is 0 Å². The topological polar surface area (TPSA) is 99.5 Å². The van der Waals surface area contributed by atoms with Gasteiger partial charge in [0.2, 0.25) is 5.91 Å². The fraction of sp³-hybridized carbons (Fsp3) is 0.360. The maximum atomic E-state index is 13.3. The van der Waals surface area contributed by atoms with Crippen LogP contribution in [0.2, 0.25) is 0 Å². The van der Waals surface area contributed by atoms with Crippen molar-refractivity contribution in [3.8, 4) is 0 Å². The minimum atomic E-state index is -0.509. The molecule has 2 aromatic carbocycles. The van der Waals surface area contributed by atoms with E-state index in [0.29, 0.717) is 41.2 Å². The molecule has 3 rings (SSSR count). The maximum Gasteiger partial charge on any atom is 0.337 e. The highest BCUT2D eigenvalue weighted by atomic mass is 32.2. The summed E-state index contributed by atoms with van der Waals surface area (Å²) in [5, 5.41) is 3.31. The number of nitrogens with zero attached hydrogens (tertiary/aromatic N) is 2. The molecular formula is C25H29N3O5S. The molecule has 180 valence electrons. The van der Waals surface area contributed by atoms with Gasteiger partial charge in [-0.15, -0.1) is 0 Å². The lowest BCUT2D eigenvalue weighted by Crippen LogP contribution is -2.34. The van der Waals surface area contributed by atoms with Crippen LogP contribution in [0.3, 0.4) is 0 Å². The lowest BCUT2D eigenvalue weighted by atomic mass is 10.1. The fourth-order valence-electron chi connectivity index (χ4n) is 3.47. The molecule has 0 saturated carbocycles. The van der Waals surface area contributed by atoms with Crippen molar-refractivity contribution in [2.45, 2.75) is 43.3 Å². The number of hydrogen-bond donors (Lipinski definition) is 1. The van der Waals surface area contributed by atoms with Crippen LogP contribution in [-0.4, -0.2) is 47.5 Å². The first-order valence-electron chi connectivity index (χ1n) is 11.0. The van der Waals surface area contributed by atoms with E-state index in [1.54, 1.807) is 30.7 Å². The Morgan fingerprint density at radius 3 is 2.53 bits per heavy atom. The normalized spacial score (nSPS) is 12.8. The lowest BCUT2D eigenvalue weighted by Gasteiger charge is -2.19. The third-order valence-corrected chi connectivity index (χ3v) is 6.47. The number of hydrogen-bond acceptors (Lipinski definition) is 7. The molecule has 9 heteroatoms. The van der Waals surface area contributed by atoms with Crippen LogP contribution in [0.15, 0.2) is 58.5 Å². The highest BCUT2D eigenvalue weighted by molar-refractivity contribution is 8.00. The highest BCUT2D eigenvalue weighted by Gasteiger charge is 2.21. The van der Waals surface area contributed by atoms with Crippen LogP contribution < -0.4 is 10.9 Å². The summed E-state index contributed by atoms with van der Waals surface area (Å²) in [4.78, 5) is 42.8. The van der Waals surface area contributed by atoms with Crippen molar-refractivity contribution < 1.29 is 19.1 Å². The Morgan fingerprint density at radius 1 is 1.12 bits per heavy atom. The first-order chi connectivity index (χ1) is 16.3. The third-order valence-electron chi connectivity index (χ3n) is 5.38. The standard InChI is InChI=1S/C25H29N3O5S/c1-16(18-9-6-5-7-10-18)26-22(29)17(2)34-25-27-21-15-19(24(31)33-4)11-12-20(21)23(30)28(25)13-8-14-32-3/h5-7,9-12,15-17H,8,13-14H2,1-4H3,(H,26,29). The number of carbonyl (C=O) groups excluding carboxylic acids is 2. The second-order valence-corrected chi connectivity index (χ2v) is 9.13. The average Bonchev–Trinajstić information content (AvgIpc) is 2.85. The average molecular weight is 484 g/mol. The van der Waals surface area contributed by atoms with E-state index < -0.39 is 11.2 Å². The zero-order valence-corrected chi connectivity index (χ0v) is 20.6. The molecule has 34 heavy (non-hydrogen) atoms. The van der Waals surface area contributed by atoms with Crippen LogP contribution in [0.5, 0.6) is 0 Å². The molecule has 2 unspecified atom stereocenters.